The summed E-state index contributed by atoms with van der Waals surface area (Å²) in [6.45, 7) is 1.04. The van der Waals surface area contributed by atoms with Gasteiger partial charge in [0, 0.05) is 23.2 Å². The molecular formula is C21H21N3O3. The molecular weight excluding hydrogens is 342 g/mol. The van der Waals surface area contributed by atoms with Crippen molar-refractivity contribution in [3.8, 4) is 11.8 Å². The van der Waals surface area contributed by atoms with Gasteiger partial charge in [-0.3, -0.25) is 14.8 Å². The second kappa shape index (κ2) is 8.49. The van der Waals surface area contributed by atoms with E-state index in [9.17, 15) is 9.59 Å². The van der Waals surface area contributed by atoms with Gasteiger partial charge in [-0.1, -0.05) is 30.0 Å². The van der Waals surface area contributed by atoms with Crippen molar-refractivity contribution in [2.45, 2.75) is 18.4 Å². The predicted octanol–water partition coefficient (Wildman–Crippen LogP) is 1.44. The van der Waals surface area contributed by atoms with Crippen LogP contribution in [-0.2, 0) is 4.79 Å². The second-order valence-electron chi connectivity index (χ2n) is 6.45. The third-order valence-corrected chi connectivity index (χ3v) is 4.54. The topological polar surface area (TPSA) is 90.5 Å². The zero-order valence-electron chi connectivity index (χ0n) is 14.8. The monoisotopic (exact) mass is 363 g/mol. The summed E-state index contributed by atoms with van der Waals surface area (Å²) < 4.78 is 0. The third-order valence-electron chi connectivity index (χ3n) is 4.54. The van der Waals surface area contributed by atoms with Gasteiger partial charge in [-0.2, -0.15) is 0 Å². The molecule has 1 atom stereocenters. The molecule has 2 amide bonds. The summed E-state index contributed by atoms with van der Waals surface area (Å²) in [7, 11) is 0. The van der Waals surface area contributed by atoms with E-state index in [1.54, 1.807) is 29.7 Å². The molecule has 0 aliphatic carbocycles. The van der Waals surface area contributed by atoms with Gasteiger partial charge < -0.3 is 10.6 Å². The Kier molecular flexibility index (Phi) is 5.87. The first kappa shape index (κ1) is 18.6. The third kappa shape index (κ3) is 4.53. The summed E-state index contributed by atoms with van der Waals surface area (Å²) in [4.78, 5) is 24.7. The van der Waals surface area contributed by atoms with Gasteiger partial charge in [-0.15, -0.1) is 0 Å². The standard InChI is InChI=1S/C21H21N3O3/c25-19(23-21(20(26)24-27)13-4-14-22-15-21)18-11-9-17(10-12-18)8-7-16-5-2-1-3-6-16/h1-3,5-6,9-12,22,27H,4,13-15H2,(H,23,25)(H,24,26)/t21-/m1/s1. The van der Waals surface area contributed by atoms with Crippen molar-refractivity contribution in [1.29, 1.82) is 0 Å². The largest absolute Gasteiger partial charge is 0.336 e. The van der Waals surface area contributed by atoms with Crippen LogP contribution in [0.3, 0.4) is 0 Å². The lowest BCUT2D eigenvalue weighted by molar-refractivity contribution is -0.136. The van der Waals surface area contributed by atoms with Crippen LogP contribution in [0.15, 0.2) is 54.6 Å². The van der Waals surface area contributed by atoms with E-state index in [0.29, 0.717) is 12.0 Å². The van der Waals surface area contributed by atoms with Crippen molar-refractivity contribution in [2.24, 2.45) is 0 Å². The highest BCUT2D eigenvalue weighted by Crippen LogP contribution is 2.18. The highest BCUT2D eigenvalue weighted by molar-refractivity contribution is 5.99. The fraction of sp³-hybridized carbons (Fsp3) is 0.238. The quantitative estimate of drug-likeness (QED) is 0.377. The van der Waals surface area contributed by atoms with E-state index < -0.39 is 11.4 Å². The maximum absolute atomic E-state index is 12.6. The van der Waals surface area contributed by atoms with Gasteiger partial charge in [-0.25, -0.2) is 5.48 Å². The van der Waals surface area contributed by atoms with Crippen molar-refractivity contribution >= 4 is 11.8 Å². The Morgan fingerprint density at radius 3 is 2.26 bits per heavy atom. The SMILES string of the molecule is O=C(N[C@]1(C(=O)NO)CCCNC1)c1ccc(C#Cc2ccccc2)cc1. The van der Waals surface area contributed by atoms with E-state index in [4.69, 9.17) is 5.21 Å². The first-order valence-electron chi connectivity index (χ1n) is 8.78. The Morgan fingerprint density at radius 1 is 1.00 bits per heavy atom. The first-order chi connectivity index (χ1) is 13.1. The summed E-state index contributed by atoms with van der Waals surface area (Å²) in [6.07, 6.45) is 1.18. The van der Waals surface area contributed by atoms with Crippen molar-refractivity contribution in [3.63, 3.8) is 0 Å². The molecule has 2 aromatic rings. The first-order valence-corrected chi connectivity index (χ1v) is 8.78. The lowest BCUT2D eigenvalue weighted by Crippen LogP contribution is -2.65. The van der Waals surface area contributed by atoms with E-state index >= 15 is 0 Å². The molecule has 1 saturated heterocycles. The molecule has 1 aliphatic heterocycles. The van der Waals surface area contributed by atoms with Crippen LogP contribution < -0.4 is 16.1 Å². The van der Waals surface area contributed by atoms with Gasteiger partial charge >= 0.3 is 0 Å². The van der Waals surface area contributed by atoms with E-state index in [0.717, 1.165) is 24.1 Å². The number of nitrogens with one attached hydrogen (secondary N) is 3. The van der Waals surface area contributed by atoms with Crippen LogP contribution in [0, 0.1) is 11.8 Å². The number of carbonyl (C=O) groups is 2. The highest BCUT2D eigenvalue weighted by atomic mass is 16.5. The zero-order valence-corrected chi connectivity index (χ0v) is 14.8. The lowest BCUT2D eigenvalue weighted by atomic mass is 9.89. The summed E-state index contributed by atoms with van der Waals surface area (Å²) >= 11 is 0. The number of rotatable bonds is 3. The highest BCUT2D eigenvalue weighted by Gasteiger charge is 2.41. The number of hydroxylamine groups is 1. The average Bonchev–Trinajstić information content (AvgIpc) is 2.73. The molecule has 138 valence electrons. The fourth-order valence-corrected chi connectivity index (χ4v) is 3.03. The number of benzene rings is 2. The average molecular weight is 363 g/mol. The number of hydrogen-bond donors (Lipinski definition) is 4. The van der Waals surface area contributed by atoms with E-state index in [-0.39, 0.29) is 12.5 Å². The van der Waals surface area contributed by atoms with Crippen LogP contribution in [-0.4, -0.2) is 35.7 Å². The molecule has 0 aromatic heterocycles. The Hall–Kier alpha value is -3.14. The molecule has 0 saturated carbocycles. The van der Waals surface area contributed by atoms with Crippen LogP contribution in [0.2, 0.25) is 0 Å². The van der Waals surface area contributed by atoms with Crippen molar-refractivity contribution in [1.82, 2.24) is 16.1 Å². The molecule has 3 rings (SSSR count). The van der Waals surface area contributed by atoms with Crippen LogP contribution >= 0.6 is 0 Å². The Balaban J connectivity index is 1.72. The predicted molar refractivity (Wildman–Crippen MR) is 101 cm³/mol. The maximum atomic E-state index is 12.6. The van der Waals surface area contributed by atoms with Gasteiger partial charge in [-0.05, 0) is 55.8 Å². The second-order valence-corrected chi connectivity index (χ2v) is 6.45. The van der Waals surface area contributed by atoms with Gasteiger partial charge in [0.1, 0.15) is 5.54 Å². The van der Waals surface area contributed by atoms with Crippen LogP contribution in [0.25, 0.3) is 0 Å². The molecule has 0 spiro atoms. The minimum Gasteiger partial charge on any atom is -0.336 e. The lowest BCUT2D eigenvalue weighted by Gasteiger charge is -2.36. The Bertz CT molecular complexity index is 861. The van der Waals surface area contributed by atoms with Gasteiger partial charge in [0.2, 0.25) is 0 Å². The van der Waals surface area contributed by atoms with Crippen LogP contribution in [0.4, 0.5) is 0 Å². The van der Waals surface area contributed by atoms with E-state index in [2.05, 4.69) is 22.5 Å². The molecule has 6 nitrogen and oxygen atoms in total. The van der Waals surface area contributed by atoms with E-state index in [1.165, 1.54) is 0 Å². The van der Waals surface area contributed by atoms with Gasteiger partial charge in [0.25, 0.3) is 11.8 Å². The Labute approximate surface area is 157 Å². The number of piperidine rings is 1. The summed E-state index contributed by atoms with van der Waals surface area (Å²) in [5, 5.41) is 14.9. The van der Waals surface area contributed by atoms with E-state index in [1.807, 2.05) is 30.3 Å². The molecule has 0 unspecified atom stereocenters. The van der Waals surface area contributed by atoms with Gasteiger partial charge in [0.05, 0.1) is 0 Å². The van der Waals surface area contributed by atoms with Crippen molar-refractivity contribution in [2.75, 3.05) is 13.1 Å². The maximum Gasteiger partial charge on any atom is 0.270 e. The summed E-state index contributed by atoms with van der Waals surface area (Å²) in [6, 6.07) is 16.5. The smallest absolute Gasteiger partial charge is 0.270 e. The number of hydrogen-bond acceptors (Lipinski definition) is 4. The zero-order chi connectivity index (χ0) is 19.1. The molecule has 27 heavy (non-hydrogen) atoms. The molecule has 1 heterocycles. The summed E-state index contributed by atoms with van der Waals surface area (Å²) in [5.74, 6) is 5.13. The van der Waals surface area contributed by atoms with Crippen molar-refractivity contribution in [3.05, 3.63) is 71.3 Å². The number of amides is 2. The normalized spacial score (nSPS) is 18.7. The molecule has 6 heteroatoms. The number of carbonyl (C=O) groups excluding carboxylic acids is 2. The van der Waals surface area contributed by atoms with Crippen LogP contribution in [0.5, 0.6) is 0 Å². The molecule has 1 aliphatic rings. The molecule has 0 bridgehead atoms. The molecule has 2 aromatic carbocycles. The fourth-order valence-electron chi connectivity index (χ4n) is 3.03. The minimum absolute atomic E-state index is 0.270. The Morgan fingerprint density at radius 2 is 1.67 bits per heavy atom. The van der Waals surface area contributed by atoms with Crippen LogP contribution in [0.1, 0.15) is 34.3 Å². The summed E-state index contributed by atoms with van der Waals surface area (Å²) in [5.41, 5.74) is 2.64. The molecule has 4 N–H and O–H groups in total. The van der Waals surface area contributed by atoms with Crippen molar-refractivity contribution < 1.29 is 14.8 Å². The minimum atomic E-state index is -1.16. The van der Waals surface area contributed by atoms with Gasteiger partial charge in [0.15, 0.2) is 0 Å². The molecule has 1 fully saturated rings. The molecule has 0 radical (unpaired) electrons.